The van der Waals surface area contributed by atoms with Crippen LogP contribution in [0.5, 0.6) is 0 Å². The molecule has 0 saturated heterocycles. The van der Waals surface area contributed by atoms with Crippen LogP contribution < -0.4 is 5.73 Å². The number of Topliss-reactive ketones (excluding diaryl/α,β-unsaturated/α-hetero) is 1. The predicted molar refractivity (Wildman–Crippen MR) is 75.4 cm³/mol. The summed E-state index contributed by atoms with van der Waals surface area (Å²) in [7, 11) is 0. The zero-order chi connectivity index (χ0) is 16.9. The summed E-state index contributed by atoms with van der Waals surface area (Å²) in [5.41, 5.74) is 1.58. The third-order valence-electron chi connectivity index (χ3n) is 3.35. The van der Waals surface area contributed by atoms with Gasteiger partial charge in [-0.25, -0.2) is 18.0 Å². The van der Waals surface area contributed by atoms with Gasteiger partial charge < -0.3 is 10.8 Å². The molecule has 0 amide bonds. The number of carboxylic acid groups (broad SMARTS) is 1. The lowest BCUT2D eigenvalue weighted by Gasteiger charge is -2.11. The second kappa shape index (κ2) is 7.82. The molecule has 0 spiro atoms. The van der Waals surface area contributed by atoms with E-state index in [1.54, 1.807) is 0 Å². The van der Waals surface area contributed by atoms with E-state index in [9.17, 15) is 22.8 Å². The Hall–Kier alpha value is -2.05. The summed E-state index contributed by atoms with van der Waals surface area (Å²) < 4.78 is 40.9. The van der Waals surface area contributed by atoms with Gasteiger partial charge in [-0.05, 0) is 6.42 Å². The number of halogens is 3. The van der Waals surface area contributed by atoms with Crippen molar-refractivity contribution in [1.29, 1.82) is 0 Å². The predicted octanol–water partition coefficient (Wildman–Crippen LogP) is 3.93. The molecule has 0 saturated carbocycles. The summed E-state index contributed by atoms with van der Waals surface area (Å²) in [6.45, 7) is 2.02. The van der Waals surface area contributed by atoms with Gasteiger partial charge in [0, 0.05) is 6.42 Å². The van der Waals surface area contributed by atoms with Gasteiger partial charge >= 0.3 is 5.97 Å². The Morgan fingerprint density at radius 3 is 2.09 bits per heavy atom. The van der Waals surface area contributed by atoms with E-state index in [-0.39, 0.29) is 6.42 Å². The molecule has 4 nitrogen and oxygen atoms in total. The number of carbonyl (C=O) groups is 2. The van der Waals surface area contributed by atoms with E-state index >= 15 is 0 Å². The van der Waals surface area contributed by atoms with Crippen molar-refractivity contribution in [2.75, 3.05) is 5.73 Å². The summed E-state index contributed by atoms with van der Waals surface area (Å²) in [4.78, 5) is 23.0. The number of aromatic carboxylic acids is 1. The smallest absolute Gasteiger partial charge is 0.339 e. The van der Waals surface area contributed by atoms with Gasteiger partial charge in [-0.2, -0.15) is 0 Å². The van der Waals surface area contributed by atoms with Crippen LogP contribution in [0.15, 0.2) is 0 Å². The Morgan fingerprint density at radius 1 is 0.955 bits per heavy atom. The number of hydrogen-bond acceptors (Lipinski definition) is 3. The lowest BCUT2D eigenvalue weighted by Crippen LogP contribution is -2.17. The topological polar surface area (TPSA) is 80.4 Å². The second-order valence-electron chi connectivity index (χ2n) is 5.00. The zero-order valence-electron chi connectivity index (χ0n) is 12.2. The summed E-state index contributed by atoms with van der Waals surface area (Å²) >= 11 is 0. The van der Waals surface area contributed by atoms with Crippen LogP contribution in [-0.2, 0) is 0 Å². The third-order valence-corrected chi connectivity index (χ3v) is 3.35. The Balaban J connectivity index is 3.07. The molecular weight excluding hydrogens is 299 g/mol. The molecule has 0 heterocycles. The SMILES string of the molecule is CCCCCCCC(=O)c1c(F)c(N)c(F)c(F)c1C(=O)O. The maximum Gasteiger partial charge on any atom is 0.339 e. The molecule has 0 bridgehead atoms. The molecule has 3 N–H and O–H groups in total. The highest BCUT2D eigenvalue weighted by Crippen LogP contribution is 2.28. The van der Waals surface area contributed by atoms with Crippen LogP contribution in [0.4, 0.5) is 18.9 Å². The normalized spacial score (nSPS) is 10.7. The molecule has 0 aliphatic carbocycles. The first kappa shape index (κ1) is 18.0. The lowest BCUT2D eigenvalue weighted by molar-refractivity contribution is 0.0684. The molecule has 0 fully saturated rings. The Labute approximate surface area is 126 Å². The maximum atomic E-state index is 13.9. The molecule has 0 radical (unpaired) electrons. The Kier molecular flexibility index (Phi) is 6.39. The fourth-order valence-electron chi connectivity index (χ4n) is 2.16. The van der Waals surface area contributed by atoms with Crippen molar-refractivity contribution in [3.63, 3.8) is 0 Å². The summed E-state index contributed by atoms with van der Waals surface area (Å²) in [6, 6.07) is 0. The molecule has 0 atom stereocenters. The minimum Gasteiger partial charge on any atom is -0.478 e. The number of anilines is 1. The van der Waals surface area contributed by atoms with Crippen molar-refractivity contribution >= 4 is 17.4 Å². The summed E-state index contributed by atoms with van der Waals surface area (Å²) in [5, 5.41) is 8.91. The fourth-order valence-corrected chi connectivity index (χ4v) is 2.16. The highest BCUT2D eigenvalue weighted by molar-refractivity contribution is 6.07. The minimum atomic E-state index is -1.91. The molecular formula is C15H18F3NO3. The van der Waals surface area contributed by atoms with Crippen molar-refractivity contribution in [2.45, 2.75) is 45.4 Å². The van der Waals surface area contributed by atoms with E-state index in [2.05, 4.69) is 0 Å². The van der Waals surface area contributed by atoms with E-state index in [0.717, 1.165) is 19.3 Å². The molecule has 0 aliphatic heterocycles. The van der Waals surface area contributed by atoms with E-state index < -0.39 is 46.0 Å². The number of nitrogen functional groups attached to an aromatic ring is 1. The van der Waals surface area contributed by atoms with Crippen LogP contribution in [-0.4, -0.2) is 16.9 Å². The van der Waals surface area contributed by atoms with E-state index in [4.69, 9.17) is 10.8 Å². The van der Waals surface area contributed by atoms with Crippen molar-refractivity contribution < 1.29 is 27.9 Å². The number of carboxylic acids is 1. The van der Waals surface area contributed by atoms with Gasteiger partial charge in [-0.15, -0.1) is 0 Å². The first-order chi connectivity index (χ1) is 10.3. The number of rotatable bonds is 8. The minimum absolute atomic E-state index is 0.147. The number of unbranched alkanes of at least 4 members (excludes halogenated alkanes) is 4. The number of nitrogens with two attached hydrogens (primary N) is 1. The molecule has 22 heavy (non-hydrogen) atoms. The van der Waals surface area contributed by atoms with Crippen molar-refractivity contribution in [2.24, 2.45) is 0 Å². The van der Waals surface area contributed by atoms with Gasteiger partial charge in [0.2, 0.25) is 0 Å². The van der Waals surface area contributed by atoms with E-state index in [1.807, 2.05) is 6.92 Å². The van der Waals surface area contributed by atoms with Crippen molar-refractivity contribution in [3.8, 4) is 0 Å². The van der Waals surface area contributed by atoms with Crippen LogP contribution in [0, 0.1) is 17.5 Å². The molecule has 1 aromatic rings. The van der Waals surface area contributed by atoms with Crippen LogP contribution in [0.25, 0.3) is 0 Å². The fraction of sp³-hybridized carbons (Fsp3) is 0.467. The van der Waals surface area contributed by atoms with Crippen LogP contribution >= 0.6 is 0 Å². The average molecular weight is 317 g/mol. The lowest BCUT2D eigenvalue weighted by atomic mass is 9.97. The highest BCUT2D eigenvalue weighted by Gasteiger charge is 2.30. The van der Waals surface area contributed by atoms with E-state index in [1.165, 1.54) is 0 Å². The Bertz CT molecular complexity index is 588. The van der Waals surface area contributed by atoms with Gasteiger partial charge in [0.25, 0.3) is 0 Å². The first-order valence-electron chi connectivity index (χ1n) is 7.05. The van der Waals surface area contributed by atoms with Gasteiger partial charge in [0.15, 0.2) is 23.2 Å². The molecule has 0 aliphatic rings. The monoisotopic (exact) mass is 317 g/mol. The second-order valence-corrected chi connectivity index (χ2v) is 5.00. The maximum absolute atomic E-state index is 13.9. The third kappa shape index (κ3) is 3.78. The van der Waals surface area contributed by atoms with Crippen LogP contribution in [0.3, 0.4) is 0 Å². The van der Waals surface area contributed by atoms with Gasteiger partial charge in [0.05, 0.1) is 5.56 Å². The molecule has 0 aromatic heterocycles. The average Bonchev–Trinajstić information content (AvgIpc) is 2.47. The van der Waals surface area contributed by atoms with Crippen molar-refractivity contribution in [1.82, 2.24) is 0 Å². The largest absolute Gasteiger partial charge is 0.478 e. The number of carbonyl (C=O) groups excluding carboxylic acids is 1. The number of hydrogen-bond donors (Lipinski definition) is 2. The highest BCUT2D eigenvalue weighted by atomic mass is 19.2. The molecule has 7 heteroatoms. The zero-order valence-corrected chi connectivity index (χ0v) is 12.2. The van der Waals surface area contributed by atoms with Gasteiger partial charge in [-0.1, -0.05) is 32.6 Å². The number of benzene rings is 1. The standard InChI is InChI=1S/C15H18F3NO3/c1-2-3-4-5-6-7-8(20)9-10(15(21)22)11(16)13(18)14(19)12(9)17/h2-7,19H2,1H3,(H,21,22). The number of ketones is 1. The van der Waals surface area contributed by atoms with Crippen molar-refractivity contribution in [3.05, 3.63) is 28.6 Å². The summed E-state index contributed by atoms with van der Waals surface area (Å²) in [6.07, 6.45) is 3.86. The quantitative estimate of drug-likeness (QED) is 0.329. The molecule has 0 unspecified atom stereocenters. The molecule has 1 aromatic carbocycles. The molecule has 1 rings (SSSR count). The van der Waals surface area contributed by atoms with E-state index in [0.29, 0.717) is 12.8 Å². The van der Waals surface area contributed by atoms with Crippen LogP contribution in [0.2, 0.25) is 0 Å². The van der Waals surface area contributed by atoms with Crippen LogP contribution in [0.1, 0.15) is 66.2 Å². The summed E-state index contributed by atoms with van der Waals surface area (Å²) in [5.74, 6) is -7.94. The first-order valence-corrected chi connectivity index (χ1v) is 7.05. The molecule has 122 valence electrons. The Morgan fingerprint density at radius 2 is 1.55 bits per heavy atom. The van der Waals surface area contributed by atoms with Gasteiger partial charge in [0.1, 0.15) is 11.3 Å². The van der Waals surface area contributed by atoms with Gasteiger partial charge in [-0.3, -0.25) is 4.79 Å².